The van der Waals surface area contributed by atoms with E-state index < -0.39 is 7.82 Å². The van der Waals surface area contributed by atoms with Crippen molar-refractivity contribution in [3.05, 3.63) is 58.7 Å². The molecule has 4 rings (SSSR count). The number of phosphoric ester groups is 1. The van der Waals surface area contributed by atoms with E-state index in [0.717, 1.165) is 47.9 Å². The SMILES string of the molecule is Cc1ccc(OP(=O)([O-])Oc2ccc(C)cc2C2CCCCC2)c(C2CCCCC2)c1.[Na+]. The molecule has 2 fully saturated rings. The topological polar surface area (TPSA) is 58.6 Å². The van der Waals surface area contributed by atoms with Gasteiger partial charge >= 0.3 is 37.4 Å². The summed E-state index contributed by atoms with van der Waals surface area (Å²) in [6, 6.07) is 11.5. The first-order chi connectivity index (χ1) is 14.9. The van der Waals surface area contributed by atoms with Gasteiger partial charge in [0.1, 0.15) is 11.5 Å². The van der Waals surface area contributed by atoms with E-state index in [2.05, 4.69) is 12.1 Å². The molecule has 0 spiro atoms. The molecular weight excluding hydrogens is 430 g/mol. The van der Waals surface area contributed by atoms with Crippen LogP contribution < -0.4 is 43.5 Å². The number of phosphoric acid groups is 1. The van der Waals surface area contributed by atoms with Crippen LogP contribution in [-0.4, -0.2) is 0 Å². The molecule has 0 aliphatic heterocycles. The first-order valence-corrected chi connectivity index (χ1v) is 13.3. The molecule has 0 radical (unpaired) electrons. The first-order valence-electron chi connectivity index (χ1n) is 11.8. The second-order valence-electron chi connectivity index (χ2n) is 9.38. The predicted molar refractivity (Wildman–Crippen MR) is 123 cm³/mol. The van der Waals surface area contributed by atoms with Crippen molar-refractivity contribution in [2.75, 3.05) is 0 Å². The predicted octanol–water partition coefficient (Wildman–Crippen LogP) is 4.33. The van der Waals surface area contributed by atoms with Gasteiger partial charge in [0, 0.05) is 0 Å². The Morgan fingerprint density at radius 1 is 0.719 bits per heavy atom. The van der Waals surface area contributed by atoms with E-state index in [-0.39, 0.29) is 29.6 Å². The molecule has 0 amide bonds. The van der Waals surface area contributed by atoms with Crippen LogP contribution in [0, 0.1) is 13.8 Å². The number of benzene rings is 2. The smallest absolute Gasteiger partial charge is 0.736 e. The summed E-state index contributed by atoms with van der Waals surface area (Å²) in [4.78, 5) is 13.0. The Balaban J connectivity index is 0.00000289. The second-order valence-corrected chi connectivity index (χ2v) is 10.6. The molecule has 0 N–H and O–H groups in total. The summed E-state index contributed by atoms with van der Waals surface area (Å²) in [7, 11) is -4.57. The maximum Gasteiger partial charge on any atom is 1.00 e. The van der Waals surface area contributed by atoms with Gasteiger partial charge in [0.2, 0.25) is 0 Å². The van der Waals surface area contributed by atoms with Crippen molar-refractivity contribution in [2.24, 2.45) is 0 Å². The summed E-state index contributed by atoms with van der Waals surface area (Å²) in [6.07, 6.45) is 11.5. The van der Waals surface area contributed by atoms with Crippen molar-refractivity contribution >= 4 is 7.82 Å². The monoisotopic (exact) mass is 464 g/mol. The van der Waals surface area contributed by atoms with Crippen LogP contribution in [0.4, 0.5) is 0 Å². The Morgan fingerprint density at radius 3 is 1.47 bits per heavy atom. The van der Waals surface area contributed by atoms with E-state index >= 15 is 0 Å². The summed E-state index contributed by atoms with van der Waals surface area (Å²) in [5.41, 5.74) is 4.23. The maximum atomic E-state index is 13.0. The molecule has 2 aromatic rings. The normalized spacial score (nSPS) is 18.1. The van der Waals surface area contributed by atoms with Crippen LogP contribution in [0.5, 0.6) is 11.5 Å². The molecule has 32 heavy (non-hydrogen) atoms. The Labute approximate surface area is 215 Å². The van der Waals surface area contributed by atoms with Crippen molar-refractivity contribution in [1.82, 2.24) is 0 Å². The number of aryl methyl sites for hydroxylation is 2. The van der Waals surface area contributed by atoms with Crippen molar-refractivity contribution in [2.45, 2.75) is 89.9 Å². The summed E-state index contributed by atoms with van der Waals surface area (Å²) in [6.45, 7) is 4.07. The van der Waals surface area contributed by atoms with Crippen molar-refractivity contribution in [3.8, 4) is 11.5 Å². The summed E-state index contributed by atoms with van der Waals surface area (Å²) in [5.74, 6) is 1.53. The molecular formula is C26H34NaO4P. The van der Waals surface area contributed by atoms with Crippen LogP contribution in [0.25, 0.3) is 0 Å². The molecule has 0 bridgehead atoms. The third kappa shape index (κ3) is 6.64. The molecule has 168 valence electrons. The molecule has 0 unspecified atom stereocenters. The van der Waals surface area contributed by atoms with Crippen molar-refractivity contribution < 1.29 is 48.1 Å². The van der Waals surface area contributed by atoms with E-state index in [0.29, 0.717) is 23.3 Å². The fourth-order valence-electron chi connectivity index (χ4n) is 5.23. The molecule has 0 aromatic heterocycles. The van der Waals surface area contributed by atoms with Crippen molar-refractivity contribution in [3.63, 3.8) is 0 Å². The van der Waals surface area contributed by atoms with Gasteiger partial charge in [-0.15, -0.1) is 0 Å². The van der Waals surface area contributed by atoms with Gasteiger partial charge in [0.05, 0.1) is 0 Å². The van der Waals surface area contributed by atoms with Gasteiger partial charge in [-0.05, 0) is 74.6 Å². The van der Waals surface area contributed by atoms with Crippen LogP contribution >= 0.6 is 7.82 Å². The molecule has 6 heteroatoms. The summed E-state index contributed by atoms with van der Waals surface area (Å²) < 4.78 is 24.2. The van der Waals surface area contributed by atoms with Gasteiger partial charge in [-0.25, -0.2) is 4.57 Å². The molecule has 2 aliphatic carbocycles. The fourth-order valence-corrected chi connectivity index (χ4v) is 6.08. The third-order valence-electron chi connectivity index (χ3n) is 6.84. The van der Waals surface area contributed by atoms with Gasteiger partial charge in [0.25, 0.3) is 0 Å². The van der Waals surface area contributed by atoms with E-state index in [1.54, 1.807) is 12.1 Å². The Bertz CT molecular complexity index is 875. The molecule has 2 saturated carbocycles. The zero-order valence-corrected chi connectivity index (χ0v) is 22.7. The molecule has 2 aliphatic rings. The number of hydrogen-bond acceptors (Lipinski definition) is 4. The molecule has 0 heterocycles. The first kappa shape index (κ1) is 25.8. The van der Waals surface area contributed by atoms with Crippen molar-refractivity contribution in [1.29, 1.82) is 0 Å². The maximum absolute atomic E-state index is 13.0. The van der Waals surface area contributed by atoms with E-state index in [1.165, 1.54) is 38.5 Å². The zero-order valence-electron chi connectivity index (χ0n) is 19.8. The average Bonchev–Trinajstić information content (AvgIpc) is 2.77. The number of rotatable bonds is 6. The Kier molecular flexibility index (Phi) is 9.35. The average molecular weight is 465 g/mol. The Morgan fingerprint density at radius 2 is 1.09 bits per heavy atom. The second kappa shape index (κ2) is 11.6. The fraction of sp³-hybridized carbons (Fsp3) is 0.538. The van der Waals surface area contributed by atoms with Crippen LogP contribution in [0.15, 0.2) is 36.4 Å². The number of hydrogen-bond donors (Lipinski definition) is 0. The van der Waals surface area contributed by atoms with Crippen LogP contribution in [-0.2, 0) is 4.57 Å². The minimum absolute atomic E-state index is 0. The van der Waals surface area contributed by atoms with Gasteiger partial charge in [-0.2, -0.15) is 0 Å². The minimum Gasteiger partial charge on any atom is -0.736 e. The van der Waals surface area contributed by atoms with Crippen LogP contribution in [0.3, 0.4) is 0 Å². The Hall–Kier alpha value is -0.770. The minimum atomic E-state index is -4.57. The van der Waals surface area contributed by atoms with E-state index in [1.807, 2.05) is 26.0 Å². The third-order valence-corrected chi connectivity index (χ3v) is 7.68. The van der Waals surface area contributed by atoms with Gasteiger partial charge in [-0.1, -0.05) is 73.9 Å². The standard InChI is InChI=1S/C26H35O4P.Na/c1-19-13-15-25(23(17-19)21-9-5-3-6-10-21)29-31(27,28)30-26-16-14-20(2)18-24(26)22-11-7-4-8-12-22;/h13-18,21-22H,3-12H2,1-2H3,(H,27,28);/q;+1/p-1. The van der Waals surface area contributed by atoms with Gasteiger partial charge < -0.3 is 13.9 Å². The zero-order chi connectivity index (χ0) is 21.8. The van der Waals surface area contributed by atoms with E-state index in [4.69, 9.17) is 9.05 Å². The quantitative estimate of drug-likeness (QED) is 0.472. The van der Waals surface area contributed by atoms with Gasteiger partial charge in [0.15, 0.2) is 0 Å². The molecule has 2 aromatic carbocycles. The van der Waals surface area contributed by atoms with Crippen LogP contribution in [0.1, 0.15) is 98.3 Å². The van der Waals surface area contributed by atoms with Crippen LogP contribution in [0.2, 0.25) is 0 Å². The summed E-state index contributed by atoms with van der Waals surface area (Å²) >= 11 is 0. The molecule has 4 nitrogen and oxygen atoms in total. The molecule has 0 saturated heterocycles. The summed E-state index contributed by atoms with van der Waals surface area (Å²) in [5, 5.41) is 0. The molecule has 0 atom stereocenters. The van der Waals surface area contributed by atoms with Gasteiger partial charge in [-0.3, -0.25) is 0 Å². The largest absolute Gasteiger partial charge is 1.00 e. The van der Waals surface area contributed by atoms with E-state index in [9.17, 15) is 9.46 Å².